The summed E-state index contributed by atoms with van der Waals surface area (Å²) in [7, 11) is -0.698. The molecule has 1 unspecified atom stereocenters. The molecule has 3 nitrogen and oxygen atoms in total. The van der Waals surface area contributed by atoms with Gasteiger partial charge in [-0.25, -0.2) is 0 Å². The highest BCUT2D eigenvalue weighted by atomic mass is 79.9. The minimum atomic E-state index is -0.698. The van der Waals surface area contributed by atoms with E-state index in [1.54, 1.807) is 6.26 Å². The van der Waals surface area contributed by atoms with E-state index in [4.69, 9.17) is 4.74 Å². The van der Waals surface area contributed by atoms with Crippen LogP contribution in [-0.2, 0) is 17.3 Å². The third-order valence-electron chi connectivity index (χ3n) is 2.46. The zero-order chi connectivity index (χ0) is 14.3. The lowest BCUT2D eigenvalue weighted by Gasteiger charge is -2.11. The summed E-state index contributed by atoms with van der Waals surface area (Å²) >= 11 is 7.04. The maximum atomic E-state index is 10.9. The molecule has 0 fully saturated rings. The molecule has 0 aliphatic rings. The number of halogens is 2. The van der Waals surface area contributed by atoms with Gasteiger partial charge in [0, 0.05) is 29.4 Å². The fourth-order valence-electron chi connectivity index (χ4n) is 1.63. The van der Waals surface area contributed by atoms with Crippen LogP contribution >= 0.6 is 31.9 Å². The van der Waals surface area contributed by atoms with Crippen LogP contribution < -0.4 is 10.1 Å². The highest BCUT2D eigenvalue weighted by molar-refractivity contribution is 9.11. The third kappa shape index (κ3) is 6.38. The molecule has 0 aliphatic carbocycles. The highest BCUT2D eigenvalue weighted by Crippen LogP contribution is 2.34. The van der Waals surface area contributed by atoms with Crippen LogP contribution in [0.1, 0.15) is 18.9 Å². The Hall–Kier alpha value is 0.0900. The number of ether oxygens (including phenoxy) is 1. The first-order valence-corrected chi connectivity index (χ1v) is 9.47. The molecule has 0 aromatic heterocycles. The van der Waals surface area contributed by atoms with Crippen LogP contribution in [0.15, 0.2) is 21.1 Å². The van der Waals surface area contributed by atoms with Crippen molar-refractivity contribution in [3.63, 3.8) is 0 Å². The van der Waals surface area contributed by atoms with Gasteiger partial charge in [-0.3, -0.25) is 4.21 Å². The number of benzene rings is 1. The molecule has 0 heterocycles. The summed E-state index contributed by atoms with van der Waals surface area (Å²) in [6.07, 6.45) is 2.67. The van der Waals surface area contributed by atoms with Gasteiger partial charge in [-0.2, -0.15) is 0 Å². The van der Waals surface area contributed by atoms with Crippen molar-refractivity contribution in [1.82, 2.24) is 5.32 Å². The molecule has 1 atom stereocenters. The van der Waals surface area contributed by atoms with Crippen molar-refractivity contribution in [2.75, 3.05) is 25.2 Å². The molecule has 0 saturated carbocycles. The van der Waals surface area contributed by atoms with Gasteiger partial charge in [-0.1, -0.05) is 0 Å². The molecule has 0 amide bonds. The van der Waals surface area contributed by atoms with Crippen molar-refractivity contribution >= 4 is 42.7 Å². The lowest BCUT2D eigenvalue weighted by atomic mass is 10.2. The van der Waals surface area contributed by atoms with E-state index in [0.29, 0.717) is 6.61 Å². The fourth-order valence-corrected chi connectivity index (χ4v) is 3.69. The Kier molecular flexibility index (Phi) is 8.21. The van der Waals surface area contributed by atoms with Gasteiger partial charge in [0.2, 0.25) is 0 Å². The second kappa shape index (κ2) is 9.10. The first kappa shape index (κ1) is 17.1. The molecule has 0 spiro atoms. The molecule has 1 rings (SSSR count). The maximum Gasteiger partial charge on any atom is 0.147 e. The molecule has 0 radical (unpaired) electrons. The van der Waals surface area contributed by atoms with E-state index in [0.717, 1.165) is 40.0 Å². The maximum absolute atomic E-state index is 10.9. The van der Waals surface area contributed by atoms with E-state index in [9.17, 15) is 4.21 Å². The van der Waals surface area contributed by atoms with Crippen molar-refractivity contribution in [2.45, 2.75) is 19.9 Å². The predicted octanol–water partition coefficient (Wildman–Crippen LogP) is 3.47. The SMILES string of the molecule is CCOc1c(Br)cc(CNCCCS(C)=O)cc1Br. The van der Waals surface area contributed by atoms with Crippen LogP contribution in [0.25, 0.3) is 0 Å². The summed E-state index contributed by atoms with van der Waals surface area (Å²) in [6.45, 7) is 4.27. The minimum absolute atomic E-state index is 0.642. The molecule has 19 heavy (non-hydrogen) atoms. The number of hydrogen-bond acceptors (Lipinski definition) is 3. The molecular weight excluding hydrogens is 394 g/mol. The van der Waals surface area contributed by atoms with E-state index in [2.05, 4.69) is 49.3 Å². The first-order chi connectivity index (χ1) is 9.04. The van der Waals surface area contributed by atoms with Gasteiger partial charge in [-0.05, 0) is 69.4 Å². The topological polar surface area (TPSA) is 38.3 Å². The number of nitrogens with one attached hydrogen (secondary N) is 1. The van der Waals surface area contributed by atoms with E-state index in [1.807, 2.05) is 6.92 Å². The normalized spacial score (nSPS) is 12.4. The summed E-state index contributed by atoms with van der Waals surface area (Å²) in [5.41, 5.74) is 1.18. The van der Waals surface area contributed by atoms with E-state index >= 15 is 0 Å². The van der Waals surface area contributed by atoms with Gasteiger partial charge in [-0.15, -0.1) is 0 Å². The minimum Gasteiger partial charge on any atom is -0.492 e. The van der Waals surface area contributed by atoms with Gasteiger partial charge in [0.1, 0.15) is 5.75 Å². The van der Waals surface area contributed by atoms with Crippen LogP contribution in [0.4, 0.5) is 0 Å². The lowest BCUT2D eigenvalue weighted by molar-refractivity contribution is 0.336. The highest BCUT2D eigenvalue weighted by Gasteiger charge is 2.08. The van der Waals surface area contributed by atoms with Gasteiger partial charge >= 0.3 is 0 Å². The summed E-state index contributed by atoms with van der Waals surface area (Å²) in [5, 5.41) is 3.35. The zero-order valence-corrected chi connectivity index (χ0v) is 15.2. The van der Waals surface area contributed by atoms with Crippen molar-refractivity contribution in [3.05, 3.63) is 26.6 Å². The van der Waals surface area contributed by atoms with Gasteiger partial charge < -0.3 is 10.1 Å². The zero-order valence-electron chi connectivity index (χ0n) is 11.2. The predicted molar refractivity (Wildman–Crippen MR) is 88.3 cm³/mol. The van der Waals surface area contributed by atoms with Crippen LogP contribution in [0.3, 0.4) is 0 Å². The Bertz CT molecular complexity index is 418. The summed E-state index contributed by atoms with van der Waals surface area (Å²) < 4.78 is 18.4. The fraction of sp³-hybridized carbons (Fsp3) is 0.538. The van der Waals surface area contributed by atoms with E-state index in [1.165, 1.54) is 5.56 Å². The molecule has 0 aliphatic heterocycles. The monoisotopic (exact) mass is 411 g/mol. The quantitative estimate of drug-likeness (QED) is 0.664. The molecule has 1 aromatic rings. The van der Waals surface area contributed by atoms with Gasteiger partial charge in [0.15, 0.2) is 0 Å². The second-order valence-electron chi connectivity index (χ2n) is 4.13. The largest absolute Gasteiger partial charge is 0.492 e. The Morgan fingerprint density at radius 3 is 2.47 bits per heavy atom. The van der Waals surface area contributed by atoms with Crippen molar-refractivity contribution in [2.24, 2.45) is 0 Å². The van der Waals surface area contributed by atoms with E-state index < -0.39 is 10.8 Å². The first-order valence-electron chi connectivity index (χ1n) is 6.16. The second-order valence-corrected chi connectivity index (χ2v) is 7.39. The molecule has 0 saturated heterocycles. The van der Waals surface area contributed by atoms with E-state index in [-0.39, 0.29) is 0 Å². The lowest BCUT2D eigenvalue weighted by Crippen LogP contribution is -2.16. The summed E-state index contributed by atoms with van der Waals surface area (Å²) in [6, 6.07) is 4.11. The third-order valence-corrected chi connectivity index (χ3v) is 4.50. The Labute approximate surface area is 134 Å². The number of hydrogen-bond donors (Lipinski definition) is 1. The standard InChI is InChI=1S/C13H19Br2NO2S/c1-3-18-13-11(14)7-10(8-12(13)15)9-16-5-4-6-19(2)17/h7-8,16H,3-6,9H2,1-2H3. The molecule has 108 valence electrons. The van der Waals surface area contributed by atoms with Crippen LogP contribution in [-0.4, -0.2) is 29.4 Å². The van der Waals surface area contributed by atoms with Crippen LogP contribution in [0, 0.1) is 0 Å². The van der Waals surface area contributed by atoms with Crippen LogP contribution in [0.5, 0.6) is 5.75 Å². The summed E-state index contributed by atoms with van der Waals surface area (Å²) in [5.74, 6) is 1.59. The molecule has 1 aromatic carbocycles. The Morgan fingerprint density at radius 1 is 1.32 bits per heavy atom. The van der Waals surface area contributed by atoms with Gasteiger partial charge in [0.25, 0.3) is 0 Å². The smallest absolute Gasteiger partial charge is 0.147 e. The molecule has 6 heteroatoms. The number of rotatable bonds is 8. The van der Waals surface area contributed by atoms with Crippen molar-refractivity contribution in [3.8, 4) is 5.75 Å². The molecule has 0 bridgehead atoms. The van der Waals surface area contributed by atoms with Crippen molar-refractivity contribution in [1.29, 1.82) is 0 Å². The molecular formula is C13H19Br2NO2S. The summed E-state index contributed by atoms with van der Waals surface area (Å²) in [4.78, 5) is 0. The Balaban J connectivity index is 2.49. The average molecular weight is 413 g/mol. The van der Waals surface area contributed by atoms with Gasteiger partial charge in [0.05, 0.1) is 15.6 Å². The average Bonchev–Trinajstić information content (AvgIpc) is 2.33. The Morgan fingerprint density at radius 2 is 1.95 bits per heavy atom. The molecule has 1 N–H and O–H groups in total. The van der Waals surface area contributed by atoms with Crippen molar-refractivity contribution < 1.29 is 8.95 Å². The van der Waals surface area contributed by atoms with Crippen LogP contribution in [0.2, 0.25) is 0 Å².